The van der Waals surface area contributed by atoms with Crippen LogP contribution in [0.3, 0.4) is 0 Å². The molecule has 0 fully saturated rings. The van der Waals surface area contributed by atoms with Crippen LogP contribution >= 0.6 is 0 Å². The molecule has 4 rings (SSSR count). The zero-order chi connectivity index (χ0) is 23.2. The predicted molar refractivity (Wildman–Crippen MR) is 118 cm³/mol. The first-order valence-corrected chi connectivity index (χ1v) is 10.2. The molecule has 0 amide bonds. The van der Waals surface area contributed by atoms with Gasteiger partial charge in [-0.2, -0.15) is 0 Å². The van der Waals surface area contributed by atoms with E-state index < -0.39 is 22.5 Å². The zero-order valence-corrected chi connectivity index (χ0v) is 18.2. The van der Waals surface area contributed by atoms with Crippen LogP contribution in [0.2, 0.25) is 0 Å². The molecular formula is C19H25N9O4. The van der Waals surface area contributed by atoms with Gasteiger partial charge in [-0.15, -0.1) is 0 Å². The summed E-state index contributed by atoms with van der Waals surface area (Å²) in [7, 11) is 4.91. The van der Waals surface area contributed by atoms with Crippen molar-refractivity contribution < 1.29 is 0 Å². The molecule has 0 atom stereocenters. The van der Waals surface area contributed by atoms with E-state index in [-0.39, 0.29) is 19.5 Å². The largest absolute Gasteiger partial charge is 0.332 e. The van der Waals surface area contributed by atoms with E-state index in [0.717, 1.165) is 9.13 Å². The number of imidazole rings is 2. The van der Waals surface area contributed by atoms with Gasteiger partial charge in [0.15, 0.2) is 22.3 Å². The lowest BCUT2D eigenvalue weighted by molar-refractivity contribution is 0.490. The second kappa shape index (κ2) is 8.07. The molecule has 0 saturated heterocycles. The molecule has 0 unspecified atom stereocenters. The maximum Gasteiger partial charge on any atom is 0.332 e. The van der Waals surface area contributed by atoms with Gasteiger partial charge in [0, 0.05) is 40.8 Å². The van der Waals surface area contributed by atoms with Crippen LogP contribution in [0.4, 0.5) is 0 Å². The molecule has 170 valence electrons. The smallest absolute Gasteiger partial charge is 0.330 e. The molecule has 4 heterocycles. The zero-order valence-electron chi connectivity index (χ0n) is 18.2. The first-order chi connectivity index (χ1) is 15.3. The van der Waals surface area contributed by atoms with Crippen LogP contribution in [0.15, 0.2) is 31.8 Å². The molecule has 0 aliphatic carbocycles. The van der Waals surface area contributed by atoms with E-state index in [0.29, 0.717) is 41.8 Å². The summed E-state index contributed by atoms with van der Waals surface area (Å²) in [5, 5.41) is 0. The highest BCUT2D eigenvalue weighted by atomic mass is 16.2. The van der Waals surface area contributed by atoms with Crippen molar-refractivity contribution in [3.8, 4) is 0 Å². The standard InChI is InChI=1S/C19H25N9O4/c1-23-10-21-14-12(23)16(29)27(18(31)25(14)3)8-5-9-28-17(30)13-15(22-11-24(13)2)26(19(28)32)7-4-6-20/h10-11H,4-9,20H2,1-3H3. The maximum atomic E-state index is 13.0. The molecule has 0 saturated carbocycles. The van der Waals surface area contributed by atoms with E-state index in [1.54, 1.807) is 30.3 Å². The minimum atomic E-state index is -0.504. The van der Waals surface area contributed by atoms with Crippen LogP contribution in [0.1, 0.15) is 12.8 Å². The Morgan fingerprint density at radius 3 is 1.81 bits per heavy atom. The van der Waals surface area contributed by atoms with E-state index in [1.807, 2.05) is 0 Å². The van der Waals surface area contributed by atoms with Crippen LogP contribution in [-0.2, 0) is 40.8 Å². The maximum absolute atomic E-state index is 13.0. The van der Waals surface area contributed by atoms with E-state index in [1.165, 1.54) is 21.8 Å². The molecule has 0 aliphatic heterocycles. The quantitative estimate of drug-likeness (QED) is 0.350. The van der Waals surface area contributed by atoms with Crippen LogP contribution < -0.4 is 28.2 Å². The van der Waals surface area contributed by atoms with Gasteiger partial charge in [-0.3, -0.25) is 27.9 Å². The number of hydrogen-bond donors (Lipinski definition) is 1. The third-order valence-electron chi connectivity index (χ3n) is 5.63. The average molecular weight is 443 g/mol. The number of rotatable bonds is 7. The topological polar surface area (TPSA) is 150 Å². The summed E-state index contributed by atoms with van der Waals surface area (Å²) in [6.07, 6.45) is 3.75. The van der Waals surface area contributed by atoms with Crippen LogP contribution in [0, 0.1) is 0 Å². The van der Waals surface area contributed by atoms with Crippen molar-refractivity contribution in [2.75, 3.05) is 6.54 Å². The predicted octanol–water partition coefficient (Wildman–Crippen LogP) is -1.92. The normalized spacial score (nSPS) is 11.8. The fourth-order valence-corrected chi connectivity index (χ4v) is 3.94. The molecular weight excluding hydrogens is 418 g/mol. The van der Waals surface area contributed by atoms with Gasteiger partial charge in [0.05, 0.1) is 12.7 Å². The van der Waals surface area contributed by atoms with Gasteiger partial charge in [-0.05, 0) is 19.4 Å². The SMILES string of the molecule is Cn1cnc2c1c(=O)n(CCCn1c(=O)c3c(ncn3C)n(CCCN)c1=O)c(=O)n2C. The fourth-order valence-electron chi connectivity index (χ4n) is 3.94. The van der Waals surface area contributed by atoms with Crippen molar-refractivity contribution in [3.63, 3.8) is 0 Å². The summed E-state index contributed by atoms with van der Waals surface area (Å²) in [5.41, 5.74) is 4.92. The Labute approximate surface area is 180 Å². The van der Waals surface area contributed by atoms with E-state index in [4.69, 9.17) is 5.73 Å². The van der Waals surface area contributed by atoms with Crippen LogP contribution in [0.25, 0.3) is 22.3 Å². The van der Waals surface area contributed by atoms with Gasteiger partial charge in [0.1, 0.15) is 0 Å². The first kappa shape index (κ1) is 21.5. The minimum absolute atomic E-state index is 0.0421. The van der Waals surface area contributed by atoms with Crippen molar-refractivity contribution in [1.82, 2.24) is 37.4 Å². The third-order valence-corrected chi connectivity index (χ3v) is 5.63. The molecule has 4 aromatic rings. The van der Waals surface area contributed by atoms with Crippen molar-refractivity contribution in [1.29, 1.82) is 0 Å². The number of fused-ring (bicyclic) bond motifs is 2. The lowest BCUT2D eigenvalue weighted by Crippen LogP contribution is -2.42. The summed E-state index contributed by atoms with van der Waals surface area (Å²) < 4.78 is 8.11. The van der Waals surface area contributed by atoms with Crippen molar-refractivity contribution >= 4 is 22.3 Å². The molecule has 0 spiro atoms. The van der Waals surface area contributed by atoms with Crippen molar-refractivity contribution in [3.05, 3.63) is 54.3 Å². The Hall–Kier alpha value is -3.74. The Kier molecular flexibility index (Phi) is 5.42. The summed E-state index contributed by atoms with van der Waals surface area (Å²) >= 11 is 0. The van der Waals surface area contributed by atoms with Crippen LogP contribution in [0.5, 0.6) is 0 Å². The van der Waals surface area contributed by atoms with Gasteiger partial charge in [-0.25, -0.2) is 19.6 Å². The molecule has 13 heteroatoms. The summed E-state index contributed by atoms with van der Waals surface area (Å²) in [6.45, 7) is 0.814. The third kappa shape index (κ3) is 3.21. The molecule has 0 bridgehead atoms. The number of nitrogens with two attached hydrogens (primary N) is 1. The molecule has 32 heavy (non-hydrogen) atoms. The summed E-state index contributed by atoms with van der Waals surface area (Å²) in [4.78, 5) is 59.8. The Morgan fingerprint density at radius 1 is 0.719 bits per heavy atom. The Balaban J connectivity index is 1.72. The Bertz CT molecular complexity index is 1560. The highest BCUT2D eigenvalue weighted by Crippen LogP contribution is 2.06. The fraction of sp³-hybridized carbons (Fsp3) is 0.474. The second-order valence-electron chi connectivity index (χ2n) is 7.74. The lowest BCUT2D eigenvalue weighted by atomic mass is 10.3. The Morgan fingerprint density at radius 2 is 1.22 bits per heavy atom. The lowest BCUT2D eigenvalue weighted by Gasteiger charge is -2.12. The van der Waals surface area contributed by atoms with Gasteiger partial charge in [0.2, 0.25) is 0 Å². The summed E-state index contributed by atoms with van der Waals surface area (Å²) in [5.74, 6) is 0. The number of aromatic nitrogens is 8. The van der Waals surface area contributed by atoms with E-state index in [9.17, 15) is 19.2 Å². The van der Waals surface area contributed by atoms with E-state index >= 15 is 0 Å². The monoisotopic (exact) mass is 443 g/mol. The van der Waals surface area contributed by atoms with Gasteiger partial charge in [0.25, 0.3) is 11.1 Å². The number of nitrogens with zero attached hydrogens (tertiary/aromatic N) is 8. The first-order valence-electron chi connectivity index (χ1n) is 10.2. The molecule has 4 aromatic heterocycles. The second-order valence-corrected chi connectivity index (χ2v) is 7.74. The highest BCUT2D eigenvalue weighted by Gasteiger charge is 2.18. The molecule has 2 N–H and O–H groups in total. The molecule has 0 radical (unpaired) electrons. The van der Waals surface area contributed by atoms with Gasteiger partial charge in [-0.1, -0.05) is 0 Å². The minimum Gasteiger partial charge on any atom is -0.330 e. The van der Waals surface area contributed by atoms with Gasteiger partial charge < -0.3 is 14.9 Å². The molecule has 13 nitrogen and oxygen atoms in total. The highest BCUT2D eigenvalue weighted by molar-refractivity contribution is 5.70. The van der Waals surface area contributed by atoms with E-state index in [2.05, 4.69) is 9.97 Å². The number of aryl methyl sites for hydroxylation is 4. The van der Waals surface area contributed by atoms with Crippen molar-refractivity contribution in [2.45, 2.75) is 32.5 Å². The van der Waals surface area contributed by atoms with Crippen molar-refractivity contribution in [2.24, 2.45) is 26.9 Å². The average Bonchev–Trinajstić information content (AvgIpc) is 3.34. The van der Waals surface area contributed by atoms with Gasteiger partial charge >= 0.3 is 11.4 Å². The number of hydrogen-bond acceptors (Lipinski definition) is 7. The summed E-state index contributed by atoms with van der Waals surface area (Å²) in [6, 6.07) is 0. The molecule has 0 aliphatic rings. The molecule has 0 aromatic carbocycles. The van der Waals surface area contributed by atoms with Crippen LogP contribution in [-0.4, -0.2) is 43.9 Å².